The lowest BCUT2D eigenvalue weighted by molar-refractivity contribution is -0.120. The average Bonchev–Trinajstić information content (AvgIpc) is 3.32. The maximum Gasteiger partial charge on any atom is 0.254 e. The second-order valence-electron chi connectivity index (χ2n) is 8.92. The molecule has 0 unspecified atom stereocenters. The van der Waals surface area contributed by atoms with Crippen molar-refractivity contribution < 1.29 is 26.8 Å². The van der Waals surface area contributed by atoms with Gasteiger partial charge in [0, 0.05) is 43.5 Å². The molecule has 1 aromatic carbocycles. The lowest BCUT2D eigenvalue weighted by Crippen LogP contribution is -2.41. The Hall–Kier alpha value is -2.37. The van der Waals surface area contributed by atoms with Crippen LogP contribution in [0.3, 0.4) is 0 Å². The third kappa shape index (κ3) is 5.31. The highest BCUT2D eigenvalue weighted by molar-refractivity contribution is 7.91. The van der Waals surface area contributed by atoms with Crippen LogP contribution in [0.15, 0.2) is 33.9 Å². The minimum Gasteiger partial charge on any atom is -0.339 e. The SMILES string of the molecule is CC1CCN(C(=O)c2csc(S(=O)(=O)N3CCC(C(=O)Nc4ccc(F)cc4F)CC3)c2)CC1. The van der Waals surface area contributed by atoms with Gasteiger partial charge in [-0.05, 0) is 49.8 Å². The van der Waals surface area contributed by atoms with Gasteiger partial charge < -0.3 is 10.2 Å². The number of carbonyl (C=O) groups excluding carboxylic acids is 2. The Balaban J connectivity index is 1.35. The molecule has 3 heterocycles. The number of nitrogens with one attached hydrogen (secondary N) is 1. The van der Waals surface area contributed by atoms with E-state index >= 15 is 0 Å². The molecule has 2 fully saturated rings. The van der Waals surface area contributed by atoms with Gasteiger partial charge in [0.2, 0.25) is 5.91 Å². The number of nitrogens with zero attached hydrogens (tertiary/aromatic N) is 2. The summed E-state index contributed by atoms with van der Waals surface area (Å²) in [6.45, 7) is 3.78. The fourth-order valence-electron chi connectivity index (χ4n) is 4.27. The van der Waals surface area contributed by atoms with E-state index in [1.54, 1.807) is 10.3 Å². The number of rotatable bonds is 5. The van der Waals surface area contributed by atoms with E-state index in [-0.39, 0.29) is 41.7 Å². The average molecular weight is 512 g/mol. The van der Waals surface area contributed by atoms with E-state index < -0.39 is 33.5 Å². The molecule has 2 amide bonds. The normalized spacial score (nSPS) is 18.7. The van der Waals surface area contributed by atoms with Crippen LogP contribution < -0.4 is 5.32 Å². The first-order valence-corrected chi connectivity index (χ1v) is 13.6. The van der Waals surface area contributed by atoms with Gasteiger partial charge in [0.05, 0.1) is 11.3 Å². The van der Waals surface area contributed by atoms with Gasteiger partial charge in [-0.1, -0.05) is 6.92 Å². The Labute approximate surface area is 201 Å². The Kier molecular flexibility index (Phi) is 7.34. The lowest BCUT2D eigenvalue weighted by Gasteiger charge is -2.30. The number of thiophene rings is 1. The quantitative estimate of drug-likeness (QED) is 0.659. The van der Waals surface area contributed by atoms with Crippen molar-refractivity contribution in [3.05, 3.63) is 46.8 Å². The predicted molar refractivity (Wildman–Crippen MR) is 125 cm³/mol. The molecule has 0 bridgehead atoms. The summed E-state index contributed by atoms with van der Waals surface area (Å²) in [6, 6.07) is 4.34. The summed E-state index contributed by atoms with van der Waals surface area (Å²) < 4.78 is 54.5. The van der Waals surface area contributed by atoms with E-state index in [2.05, 4.69) is 12.2 Å². The molecule has 0 saturated carbocycles. The Morgan fingerprint density at radius 2 is 1.71 bits per heavy atom. The first kappa shape index (κ1) is 24.7. The molecule has 4 rings (SSSR count). The number of hydrogen-bond acceptors (Lipinski definition) is 5. The molecule has 2 aromatic rings. The van der Waals surface area contributed by atoms with Gasteiger partial charge in [-0.15, -0.1) is 11.3 Å². The summed E-state index contributed by atoms with van der Waals surface area (Å²) in [4.78, 5) is 27.0. The Morgan fingerprint density at radius 1 is 1.03 bits per heavy atom. The van der Waals surface area contributed by atoms with Crippen molar-refractivity contribution in [3.8, 4) is 0 Å². The molecule has 1 aromatic heterocycles. The van der Waals surface area contributed by atoms with Gasteiger partial charge in [-0.3, -0.25) is 9.59 Å². The molecule has 0 spiro atoms. The second-order valence-corrected chi connectivity index (χ2v) is 12.0. The molecule has 11 heteroatoms. The lowest BCUT2D eigenvalue weighted by atomic mass is 9.97. The van der Waals surface area contributed by atoms with Gasteiger partial charge in [0.25, 0.3) is 15.9 Å². The molecular weight excluding hydrogens is 484 g/mol. The third-order valence-electron chi connectivity index (χ3n) is 6.50. The topological polar surface area (TPSA) is 86.8 Å². The van der Waals surface area contributed by atoms with Crippen molar-refractivity contribution in [2.75, 3.05) is 31.5 Å². The van der Waals surface area contributed by atoms with Crippen molar-refractivity contribution in [1.82, 2.24) is 9.21 Å². The Bertz CT molecular complexity index is 1170. The van der Waals surface area contributed by atoms with Crippen LogP contribution in [0.4, 0.5) is 14.5 Å². The summed E-state index contributed by atoms with van der Waals surface area (Å²) >= 11 is 1.03. The highest BCUT2D eigenvalue weighted by atomic mass is 32.2. The summed E-state index contributed by atoms with van der Waals surface area (Å²) in [7, 11) is -3.79. The Morgan fingerprint density at radius 3 is 2.35 bits per heavy atom. The summed E-state index contributed by atoms with van der Waals surface area (Å²) in [5.41, 5.74) is 0.272. The first-order valence-electron chi connectivity index (χ1n) is 11.3. The number of sulfonamides is 1. The molecule has 7 nitrogen and oxygen atoms in total. The molecule has 2 saturated heterocycles. The van der Waals surface area contributed by atoms with Crippen LogP contribution in [0.25, 0.3) is 0 Å². The fourth-order valence-corrected chi connectivity index (χ4v) is 7.05. The molecule has 0 radical (unpaired) electrons. The summed E-state index contributed by atoms with van der Waals surface area (Å²) in [5, 5.41) is 4.04. The van der Waals surface area contributed by atoms with Crippen molar-refractivity contribution in [2.45, 2.75) is 36.8 Å². The van der Waals surface area contributed by atoms with Crippen LogP contribution in [0, 0.1) is 23.5 Å². The number of piperidine rings is 2. The van der Waals surface area contributed by atoms with Crippen molar-refractivity contribution in [3.63, 3.8) is 0 Å². The van der Waals surface area contributed by atoms with Gasteiger partial charge in [-0.25, -0.2) is 17.2 Å². The second kappa shape index (κ2) is 10.1. The maximum absolute atomic E-state index is 13.8. The molecule has 1 N–H and O–H groups in total. The first-order chi connectivity index (χ1) is 16.1. The van der Waals surface area contributed by atoms with Crippen LogP contribution >= 0.6 is 11.3 Å². The van der Waals surface area contributed by atoms with Gasteiger partial charge in [-0.2, -0.15) is 4.31 Å². The highest BCUT2D eigenvalue weighted by Gasteiger charge is 2.34. The fraction of sp³-hybridized carbons (Fsp3) is 0.478. The van der Waals surface area contributed by atoms with E-state index in [0.29, 0.717) is 30.6 Å². The number of carbonyl (C=O) groups is 2. The van der Waals surface area contributed by atoms with Crippen LogP contribution in [0.5, 0.6) is 0 Å². The number of amides is 2. The number of halogens is 2. The molecule has 34 heavy (non-hydrogen) atoms. The molecule has 184 valence electrons. The molecule has 0 aliphatic carbocycles. The number of benzene rings is 1. The van der Waals surface area contributed by atoms with Crippen molar-refractivity contribution in [2.24, 2.45) is 11.8 Å². The van der Waals surface area contributed by atoms with Crippen LogP contribution in [0.1, 0.15) is 43.0 Å². The minimum atomic E-state index is -3.79. The highest BCUT2D eigenvalue weighted by Crippen LogP contribution is 2.30. The monoisotopic (exact) mass is 511 g/mol. The van der Waals surface area contributed by atoms with Crippen LogP contribution in [0.2, 0.25) is 0 Å². The third-order valence-corrected chi connectivity index (χ3v) is 9.81. The standard InChI is InChI=1S/C23H27F2N3O4S2/c1-15-4-8-27(9-5-15)23(30)17-12-21(33-14-17)34(31,32)28-10-6-16(7-11-28)22(29)26-20-3-2-18(24)13-19(20)25/h2-3,12-16H,4-11H2,1H3,(H,26,29). The maximum atomic E-state index is 13.8. The predicted octanol–water partition coefficient (Wildman–Crippen LogP) is 3.94. The van der Waals surface area contributed by atoms with Gasteiger partial charge in [0.1, 0.15) is 15.8 Å². The number of anilines is 1. The van der Waals surface area contributed by atoms with Gasteiger partial charge >= 0.3 is 0 Å². The molecule has 2 aliphatic heterocycles. The van der Waals surface area contributed by atoms with E-state index in [9.17, 15) is 26.8 Å². The largest absolute Gasteiger partial charge is 0.339 e. The van der Waals surface area contributed by atoms with Crippen LogP contribution in [-0.4, -0.2) is 55.6 Å². The zero-order valence-electron chi connectivity index (χ0n) is 18.8. The summed E-state index contributed by atoms with van der Waals surface area (Å²) in [6.07, 6.45) is 2.43. The van der Waals surface area contributed by atoms with Crippen molar-refractivity contribution >= 4 is 38.9 Å². The molecular formula is C23H27F2N3O4S2. The molecule has 2 aliphatic rings. The number of likely N-dealkylation sites (tertiary alicyclic amines) is 1. The van der Waals surface area contributed by atoms with E-state index in [1.165, 1.54) is 10.4 Å². The smallest absolute Gasteiger partial charge is 0.254 e. The summed E-state index contributed by atoms with van der Waals surface area (Å²) in [5.74, 6) is -2.08. The van der Waals surface area contributed by atoms with E-state index in [4.69, 9.17) is 0 Å². The zero-order chi connectivity index (χ0) is 24.5. The zero-order valence-corrected chi connectivity index (χ0v) is 20.4. The minimum absolute atomic E-state index is 0.109. The van der Waals surface area contributed by atoms with Gasteiger partial charge in [0.15, 0.2) is 0 Å². The number of hydrogen-bond donors (Lipinski definition) is 1. The van der Waals surface area contributed by atoms with E-state index in [1.807, 2.05) is 0 Å². The van der Waals surface area contributed by atoms with Crippen LogP contribution in [-0.2, 0) is 14.8 Å². The van der Waals surface area contributed by atoms with E-state index in [0.717, 1.165) is 36.3 Å². The van der Waals surface area contributed by atoms with Crippen molar-refractivity contribution in [1.29, 1.82) is 0 Å². The molecule has 0 atom stereocenters.